The van der Waals surface area contributed by atoms with Crippen molar-refractivity contribution in [1.82, 2.24) is 4.90 Å². The highest BCUT2D eigenvalue weighted by Gasteiger charge is 2.15. The number of nitrogens with zero attached hydrogens (tertiary/aromatic N) is 1. The van der Waals surface area contributed by atoms with Crippen molar-refractivity contribution in [3.8, 4) is 0 Å². The molecule has 17 heavy (non-hydrogen) atoms. The van der Waals surface area contributed by atoms with Gasteiger partial charge in [-0.15, -0.1) is 0 Å². The Kier molecular flexibility index (Phi) is 3.31. The maximum Gasteiger partial charge on any atom is 0.295 e. The Morgan fingerprint density at radius 3 is 2.59 bits per heavy atom. The standard InChI is InChI=1S/C12H13NO3S/c14-17(15,16)12-7-4-8-13(10-12)9-11-5-2-1-3-6-11/h1-7,10H,8-9H2,(H,14,15,16). The normalized spacial score (nSPS) is 15.8. The number of hydrogen-bond donors (Lipinski definition) is 1. The van der Waals surface area contributed by atoms with Gasteiger partial charge in [0.15, 0.2) is 0 Å². The molecule has 1 N–H and O–H groups in total. The van der Waals surface area contributed by atoms with E-state index in [0.29, 0.717) is 13.1 Å². The number of rotatable bonds is 3. The minimum absolute atomic E-state index is 0.0697. The third-order valence-electron chi connectivity index (χ3n) is 2.46. The highest BCUT2D eigenvalue weighted by atomic mass is 32.2. The quantitative estimate of drug-likeness (QED) is 0.832. The molecule has 0 amide bonds. The van der Waals surface area contributed by atoms with Gasteiger partial charge in [-0.25, -0.2) is 0 Å². The highest BCUT2D eigenvalue weighted by molar-refractivity contribution is 7.90. The fourth-order valence-corrected chi connectivity index (χ4v) is 2.21. The predicted octanol–water partition coefficient (Wildman–Crippen LogP) is 1.79. The van der Waals surface area contributed by atoms with Crippen LogP contribution in [0.1, 0.15) is 5.56 Å². The molecule has 0 radical (unpaired) electrons. The van der Waals surface area contributed by atoms with E-state index in [4.69, 9.17) is 4.55 Å². The molecule has 0 spiro atoms. The zero-order valence-corrected chi connectivity index (χ0v) is 9.97. The average molecular weight is 251 g/mol. The zero-order valence-electron chi connectivity index (χ0n) is 9.15. The molecular weight excluding hydrogens is 238 g/mol. The van der Waals surface area contributed by atoms with Crippen LogP contribution >= 0.6 is 0 Å². The van der Waals surface area contributed by atoms with Crippen LogP contribution in [0, 0.1) is 0 Å². The maximum absolute atomic E-state index is 11.0. The summed E-state index contributed by atoms with van der Waals surface area (Å²) >= 11 is 0. The van der Waals surface area contributed by atoms with Crippen molar-refractivity contribution in [2.24, 2.45) is 0 Å². The van der Waals surface area contributed by atoms with E-state index in [1.54, 1.807) is 6.08 Å². The van der Waals surface area contributed by atoms with Gasteiger partial charge in [0, 0.05) is 19.3 Å². The van der Waals surface area contributed by atoms with E-state index in [1.807, 2.05) is 35.2 Å². The molecule has 1 aliphatic heterocycles. The van der Waals surface area contributed by atoms with Crippen molar-refractivity contribution in [2.75, 3.05) is 6.54 Å². The minimum atomic E-state index is -4.12. The van der Waals surface area contributed by atoms with Crippen molar-refractivity contribution >= 4 is 10.1 Å². The molecule has 5 heteroatoms. The summed E-state index contributed by atoms with van der Waals surface area (Å²) in [6.45, 7) is 1.25. The first-order valence-corrected chi connectivity index (χ1v) is 6.63. The third-order valence-corrected chi connectivity index (χ3v) is 3.30. The molecule has 90 valence electrons. The highest BCUT2D eigenvalue weighted by Crippen LogP contribution is 2.15. The van der Waals surface area contributed by atoms with E-state index in [2.05, 4.69) is 0 Å². The van der Waals surface area contributed by atoms with Gasteiger partial charge in [-0.3, -0.25) is 4.55 Å². The lowest BCUT2D eigenvalue weighted by atomic mass is 10.2. The number of hydrogen-bond acceptors (Lipinski definition) is 3. The van der Waals surface area contributed by atoms with Crippen molar-refractivity contribution in [2.45, 2.75) is 6.54 Å². The molecule has 1 aromatic rings. The monoisotopic (exact) mass is 251 g/mol. The fraction of sp³-hybridized carbons (Fsp3) is 0.167. The van der Waals surface area contributed by atoms with Crippen LogP contribution in [0.3, 0.4) is 0 Å². The fourth-order valence-electron chi connectivity index (χ4n) is 1.66. The van der Waals surface area contributed by atoms with Crippen LogP contribution in [-0.4, -0.2) is 24.4 Å². The Morgan fingerprint density at radius 1 is 1.24 bits per heavy atom. The van der Waals surface area contributed by atoms with Gasteiger partial charge < -0.3 is 4.90 Å². The van der Waals surface area contributed by atoms with Gasteiger partial charge in [0.05, 0.1) is 0 Å². The molecule has 1 heterocycles. The van der Waals surface area contributed by atoms with Gasteiger partial charge >= 0.3 is 0 Å². The van der Waals surface area contributed by atoms with Gasteiger partial charge in [0.1, 0.15) is 4.91 Å². The van der Waals surface area contributed by atoms with Gasteiger partial charge in [0.2, 0.25) is 0 Å². The number of allylic oxidation sites excluding steroid dienone is 1. The summed E-state index contributed by atoms with van der Waals surface area (Å²) in [6, 6.07) is 9.74. The molecule has 0 atom stereocenters. The topological polar surface area (TPSA) is 57.6 Å². The lowest BCUT2D eigenvalue weighted by Crippen LogP contribution is -2.21. The smallest absolute Gasteiger partial charge is 0.295 e. The lowest BCUT2D eigenvalue weighted by Gasteiger charge is -2.22. The summed E-state index contributed by atoms with van der Waals surface area (Å²) in [5, 5.41) is 0. The first-order valence-electron chi connectivity index (χ1n) is 5.19. The van der Waals surface area contributed by atoms with E-state index >= 15 is 0 Å². The molecule has 0 aliphatic carbocycles. The van der Waals surface area contributed by atoms with Crippen molar-refractivity contribution in [1.29, 1.82) is 0 Å². The SMILES string of the molecule is O=S(=O)(O)C1=CN(Cc2ccccc2)CC=C1. The van der Waals surface area contributed by atoms with Crippen LogP contribution in [0.25, 0.3) is 0 Å². The molecule has 0 saturated heterocycles. The lowest BCUT2D eigenvalue weighted by molar-refractivity contribution is 0.402. The van der Waals surface area contributed by atoms with Gasteiger partial charge in [0.25, 0.3) is 10.1 Å². The Balaban J connectivity index is 2.15. The van der Waals surface area contributed by atoms with Crippen LogP contribution in [0.4, 0.5) is 0 Å². The second-order valence-corrected chi connectivity index (χ2v) is 5.25. The summed E-state index contributed by atoms with van der Waals surface area (Å²) in [4.78, 5) is 1.76. The Bertz CT molecular complexity index is 546. The molecule has 0 fully saturated rings. The van der Waals surface area contributed by atoms with E-state index in [0.717, 1.165) is 5.56 Å². The van der Waals surface area contributed by atoms with Crippen molar-refractivity contribution in [3.63, 3.8) is 0 Å². The van der Waals surface area contributed by atoms with Crippen molar-refractivity contribution in [3.05, 3.63) is 59.2 Å². The second kappa shape index (κ2) is 4.73. The molecule has 2 rings (SSSR count). The molecule has 0 unspecified atom stereocenters. The molecular formula is C12H13NO3S. The summed E-state index contributed by atoms with van der Waals surface area (Å²) in [6.07, 6.45) is 4.59. The first kappa shape index (κ1) is 11.9. The van der Waals surface area contributed by atoms with E-state index < -0.39 is 10.1 Å². The Hall–Kier alpha value is -1.59. The van der Waals surface area contributed by atoms with Crippen LogP contribution in [0.15, 0.2) is 53.6 Å². The number of benzene rings is 1. The molecule has 1 aliphatic rings. The minimum Gasteiger partial charge on any atom is -0.368 e. The van der Waals surface area contributed by atoms with Crippen LogP contribution < -0.4 is 0 Å². The molecule has 0 aromatic heterocycles. The van der Waals surface area contributed by atoms with Crippen LogP contribution in [-0.2, 0) is 16.7 Å². The summed E-state index contributed by atoms with van der Waals surface area (Å²) in [5.74, 6) is 0. The Morgan fingerprint density at radius 2 is 1.94 bits per heavy atom. The summed E-state index contributed by atoms with van der Waals surface area (Å²) < 4.78 is 30.9. The van der Waals surface area contributed by atoms with Crippen LogP contribution in [0.5, 0.6) is 0 Å². The van der Waals surface area contributed by atoms with Gasteiger partial charge in [-0.1, -0.05) is 36.4 Å². The summed E-state index contributed by atoms with van der Waals surface area (Å²) in [5.41, 5.74) is 1.09. The summed E-state index contributed by atoms with van der Waals surface area (Å²) in [7, 11) is -4.12. The third kappa shape index (κ3) is 3.18. The zero-order chi connectivity index (χ0) is 12.3. The molecule has 0 saturated carbocycles. The van der Waals surface area contributed by atoms with Crippen molar-refractivity contribution < 1.29 is 13.0 Å². The molecule has 4 nitrogen and oxygen atoms in total. The van der Waals surface area contributed by atoms with Gasteiger partial charge in [-0.2, -0.15) is 8.42 Å². The van der Waals surface area contributed by atoms with E-state index in [1.165, 1.54) is 12.3 Å². The van der Waals surface area contributed by atoms with Crippen LogP contribution in [0.2, 0.25) is 0 Å². The predicted molar refractivity (Wildman–Crippen MR) is 65.6 cm³/mol. The molecule has 1 aromatic carbocycles. The second-order valence-electron chi connectivity index (χ2n) is 3.82. The first-order chi connectivity index (χ1) is 8.05. The Labute approximate surface area is 101 Å². The largest absolute Gasteiger partial charge is 0.368 e. The van der Waals surface area contributed by atoms with E-state index in [-0.39, 0.29) is 4.91 Å². The van der Waals surface area contributed by atoms with E-state index in [9.17, 15) is 8.42 Å². The molecule has 0 bridgehead atoms. The average Bonchev–Trinajstić information content (AvgIpc) is 2.29. The van der Waals surface area contributed by atoms with Gasteiger partial charge in [-0.05, 0) is 11.6 Å². The maximum atomic E-state index is 11.0.